The summed E-state index contributed by atoms with van der Waals surface area (Å²) in [6, 6.07) is 7.80. The van der Waals surface area contributed by atoms with Gasteiger partial charge >= 0.3 is 0 Å². The highest BCUT2D eigenvalue weighted by atomic mass is 79.9. The molecule has 7 heteroatoms. The predicted molar refractivity (Wildman–Crippen MR) is 157 cm³/mol. The summed E-state index contributed by atoms with van der Waals surface area (Å²) < 4.78 is 0. The maximum absolute atomic E-state index is 10.1. The van der Waals surface area contributed by atoms with E-state index in [-0.39, 0.29) is 6.04 Å². The van der Waals surface area contributed by atoms with Crippen LogP contribution in [-0.2, 0) is 11.2 Å². The van der Waals surface area contributed by atoms with Crippen LogP contribution in [0.25, 0.3) is 0 Å². The van der Waals surface area contributed by atoms with Gasteiger partial charge in [0.1, 0.15) is 6.29 Å². The third-order valence-electron chi connectivity index (χ3n) is 5.70. The second kappa shape index (κ2) is 25.8. The lowest BCUT2D eigenvalue weighted by molar-refractivity contribution is -0.889. The molecule has 0 aromatic carbocycles. The van der Waals surface area contributed by atoms with Gasteiger partial charge in [-0.25, -0.2) is 0 Å². The van der Waals surface area contributed by atoms with Crippen molar-refractivity contribution in [2.75, 3.05) is 39.1 Å². The van der Waals surface area contributed by atoms with Crippen LogP contribution in [0.2, 0.25) is 0 Å². The number of alkyl halides is 1. The number of nitrogens with one attached hydrogen (secondary N) is 1. The van der Waals surface area contributed by atoms with E-state index in [4.69, 9.17) is 5.11 Å². The Morgan fingerprint density at radius 2 is 1.86 bits per heavy atom. The molecule has 3 atom stereocenters. The second-order valence-electron chi connectivity index (χ2n) is 8.58. The Morgan fingerprint density at radius 1 is 1.23 bits per heavy atom. The minimum absolute atomic E-state index is 0.0694. The molecule has 1 aliphatic rings. The van der Waals surface area contributed by atoms with E-state index in [1.165, 1.54) is 68.6 Å². The molecule has 1 aliphatic heterocycles. The monoisotopic (exact) mass is 572 g/mol. The van der Waals surface area contributed by atoms with Crippen LogP contribution in [-0.4, -0.2) is 66.4 Å². The Bertz CT molecular complexity index is 674. The van der Waals surface area contributed by atoms with E-state index < -0.39 is 0 Å². The number of likely N-dealkylation sites (tertiary alicyclic amines) is 1. The number of hydrogen-bond acceptors (Lipinski definition) is 5. The first-order valence-corrected chi connectivity index (χ1v) is 15.4. The summed E-state index contributed by atoms with van der Waals surface area (Å²) in [5.41, 5.74) is 1.43. The number of aldehydes is 1. The predicted octanol–water partition coefficient (Wildman–Crippen LogP) is 5.74. The lowest BCUT2D eigenvalue weighted by Crippen LogP contribution is -3.10. The van der Waals surface area contributed by atoms with Crippen LogP contribution in [0.15, 0.2) is 42.0 Å². The molecule has 0 radical (unpaired) electrons. The van der Waals surface area contributed by atoms with Crippen LogP contribution < -0.4 is 4.90 Å². The molecule has 0 bridgehead atoms. The molecule has 0 aliphatic carbocycles. The van der Waals surface area contributed by atoms with Gasteiger partial charge in [-0.05, 0) is 74.4 Å². The number of nitrogens with zero attached hydrogens (tertiary/aromatic N) is 2. The highest BCUT2D eigenvalue weighted by Gasteiger charge is 2.23. The van der Waals surface area contributed by atoms with E-state index in [0.717, 1.165) is 18.7 Å². The van der Waals surface area contributed by atoms with Crippen LogP contribution in [0.5, 0.6) is 5.06 Å². The number of halogens is 1. The van der Waals surface area contributed by atoms with Gasteiger partial charge < -0.3 is 14.8 Å². The fourth-order valence-corrected chi connectivity index (χ4v) is 3.80. The SMILES string of the molecule is CBr.CCC.CCC1CC[NH+](CCCc2ccncc2)C1.CCN(C)C(C)C=O.Oc1cccs1. The molecule has 35 heavy (non-hydrogen) atoms. The largest absolute Gasteiger partial charge is 0.499 e. The van der Waals surface area contributed by atoms with Gasteiger partial charge in [0.05, 0.1) is 25.7 Å². The highest BCUT2D eigenvalue weighted by Crippen LogP contribution is 2.14. The number of aryl methyl sites for hydroxylation is 1. The second-order valence-corrected chi connectivity index (χ2v) is 9.51. The van der Waals surface area contributed by atoms with Crippen molar-refractivity contribution < 1.29 is 14.8 Å². The summed E-state index contributed by atoms with van der Waals surface area (Å²) >= 11 is 4.27. The van der Waals surface area contributed by atoms with Gasteiger partial charge in [0.25, 0.3) is 0 Å². The van der Waals surface area contributed by atoms with Crippen molar-refractivity contribution in [3.05, 3.63) is 47.6 Å². The van der Waals surface area contributed by atoms with Gasteiger partial charge in [-0.15, -0.1) is 11.3 Å². The van der Waals surface area contributed by atoms with Crippen LogP contribution in [0.1, 0.15) is 65.9 Å². The van der Waals surface area contributed by atoms with Crippen molar-refractivity contribution in [1.82, 2.24) is 9.88 Å². The van der Waals surface area contributed by atoms with E-state index >= 15 is 0 Å². The number of carbonyl (C=O) groups is 1. The zero-order valence-electron chi connectivity index (χ0n) is 23.2. The molecule has 1 saturated heterocycles. The van der Waals surface area contributed by atoms with Gasteiger partial charge in [-0.2, -0.15) is 0 Å². The topological polar surface area (TPSA) is 57.9 Å². The standard InChI is InChI=1S/C14H22N2.C6H13NO.C4H4OS.C3H8.CH3Br/c1-2-13-7-11-16(12-13)10-3-4-14-5-8-15-9-6-14;1-4-7(3)6(2)5-8;5-4-2-1-3-6-4;1-3-2;1-2/h5-6,8-9,13H,2-4,7,10-12H2,1H3;5-6H,4H2,1-3H3;1-3,5H;3H2,1-2H3;1H3/p+1. The van der Waals surface area contributed by atoms with Crippen molar-refractivity contribution in [3.8, 4) is 5.06 Å². The van der Waals surface area contributed by atoms with Crippen molar-refractivity contribution in [2.24, 2.45) is 5.92 Å². The summed E-state index contributed by atoms with van der Waals surface area (Å²) in [7, 11) is 1.93. The van der Waals surface area contributed by atoms with Crippen LogP contribution >= 0.6 is 27.3 Å². The first-order chi connectivity index (χ1) is 16.9. The molecule has 3 unspecified atom stereocenters. The maximum Gasteiger partial charge on any atom is 0.171 e. The van der Waals surface area contributed by atoms with E-state index in [1.807, 2.05) is 54.3 Å². The number of rotatable bonds is 8. The Morgan fingerprint density at radius 3 is 2.23 bits per heavy atom. The molecule has 5 nitrogen and oxygen atoms in total. The smallest absolute Gasteiger partial charge is 0.171 e. The molecule has 2 N–H and O–H groups in total. The Hall–Kier alpha value is -1.28. The van der Waals surface area contributed by atoms with E-state index in [0.29, 0.717) is 5.06 Å². The van der Waals surface area contributed by atoms with Crippen molar-refractivity contribution in [3.63, 3.8) is 0 Å². The van der Waals surface area contributed by atoms with Crippen LogP contribution in [0.4, 0.5) is 0 Å². The Labute approximate surface area is 228 Å². The normalized spacial score (nSPS) is 16.7. The fraction of sp³-hybridized carbons (Fsp3) is 0.643. The van der Waals surface area contributed by atoms with E-state index in [1.54, 1.807) is 12.1 Å². The molecule has 0 amide bonds. The number of quaternary nitrogens is 1. The van der Waals surface area contributed by atoms with Gasteiger partial charge in [0.15, 0.2) is 5.06 Å². The van der Waals surface area contributed by atoms with Crippen LogP contribution in [0.3, 0.4) is 0 Å². The quantitative estimate of drug-likeness (QED) is 0.313. The number of pyridine rings is 1. The minimum Gasteiger partial charge on any atom is -0.499 e. The first kappa shape index (κ1) is 35.9. The van der Waals surface area contributed by atoms with Gasteiger partial charge in [0.2, 0.25) is 0 Å². The zero-order valence-corrected chi connectivity index (χ0v) is 25.6. The minimum atomic E-state index is 0.0694. The van der Waals surface area contributed by atoms with Gasteiger partial charge in [-0.1, -0.05) is 50.0 Å². The number of thiophene rings is 1. The Kier molecular flexibility index (Phi) is 26.5. The molecule has 2 aromatic heterocycles. The number of aromatic hydroxyl groups is 1. The van der Waals surface area contributed by atoms with Crippen molar-refractivity contribution in [2.45, 2.75) is 72.8 Å². The number of hydrogen-bond donors (Lipinski definition) is 2. The molecule has 0 spiro atoms. The number of likely N-dealkylation sites (N-methyl/N-ethyl adjacent to an activating group) is 1. The average Bonchev–Trinajstić information content (AvgIpc) is 3.57. The maximum atomic E-state index is 10.1. The van der Waals surface area contributed by atoms with E-state index in [2.05, 4.69) is 53.8 Å². The lowest BCUT2D eigenvalue weighted by atomic mass is 10.1. The highest BCUT2D eigenvalue weighted by molar-refractivity contribution is 9.08. The molecule has 0 saturated carbocycles. The third-order valence-corrected chi connectivity index (χ3v) is 6.37. The number of aromatic nitrogens is 1. The first-order valence-electron chi connectivity index (χ1n) is 12.9. The molecule has 1 fully saturated rings. The summed E-state index contributed by atoms with van der Waals surface area (Å²) in [4.78, 5) is 17.9. The van der Waals surface area contributed by atoms with Crippen LogP contribution in [0, 0.1) is 5.92 Å². The van der Waals surface area contributed by atoms with Crippen molar-refractivity contribution in [1.29, 1.82) is 0 Å². The fourth-order valence-electron chi connectivity index (χ4n) is 3.35. The summed E-state index contributed by atoms with van der Waals surface area (Å²) in [5, 5.41) is 10.7. The Balaban J connectivity index is 0. The average molecular weight is 574 g/mol. The molecule has 3 rings (SSSR count). The molecular weight excluding hydrogens is 522 g/mol. The third kappa shape index (κ3) is 20.6. The summed E-state index contributed by atoms with van der Waals surface area (Å²) in [6.45, 7) is 15.6. The molecular formula is C28H51BrN3O2S+. The molecule has 3 heterocycles. The van der Waals surface area contributed by atoms with E-state index in [9.17, 15) is 4.79 Å². The number of carbonyl (C=O) groups excluding carboxylic acids is 1. The zero-order chi connectivity index (χ0) is 26.9. The molecule has 2 aromatic rings. The van der Waals surface area contributed by atoms with Crippen molar-refractivity contribution >= 4 is 33.6 Å². The van der Waals surface area contributed by atoms with Gasteiger partial charge in [0, 0.05) is 31.2 Å². The van der Waals surface area contributed by atoms with Gasteiger partial charge in [-0.3, -0.25) is 9.88 Å². The summed E-state index contributed by atoms with van der Waals surface area (Å²) in [6.07, 6.45) is 11.3. The summed E-state index contributed by atoms with van der Waals surface area (Å²) in [5.74, 6) is 2.81. The lowest BCUT2D eigenvalue weighted by Gasteiger charge is -2.16. The molecule has 202 valence electrons.